The van der Waals surface area contributed by atoms with Crippen molar-refractivity contribution < 1.29 is 0 Å². The zero-order valence-electron chi connectivity index (χ0n) is 6.61. The topological polar surface area (TPSA) is 50.7 Å². The number of hydrogen-bond donors (Lipinski definition) is 1. The van der Waals surface area contributed by atoms with Gasteiger partial charge in [0.2, 0.25) is 0 Å². The Balaban J connectivity index is 2.55. The van der Waals surface area contributed by atoms with Crippen LogP contribution in [0.3, 0.4) is 0 Å². The minimum atomic E-state index is 0.749. The van der Waals surface area contributed by atoms with E-state index in [2.05, 4.69) is 19.9 Å². The molecule has 0 spiro atoms. The van der Waals surface area contributed by atoms with E-state index in [1.165, 1.54) is 11.5 Å². The summed E-state index contributed by atoms with van der Waals surface area (Å²) in [5, 5.41) is 10.9. The molecule has 2 aromatic heterocycles. The zero-order chi connectivity index (χ0) is 8.39. The Labute approximate surface area is 73.8 Å². The molecule has 0 unspecified atom stereocenters. The molecular weight excluding hydrogens is 172 g/mol. The molecule has 2 aromatic rings. The van der Waals surface area contributed by atoms with Crippen molar-refractivity contribution in [1.29, 1.82) is 0 Å². The molecule has 5 heteroatoms. The van der Waals surface area contributed by atoms with Crippen LogP contribution in [0.5, 0.6) is 0 Å². The first-order valence-electron chi connectivity index (χ1n) is 3.62. The van der Waals surface area contributed by atoms with Gasteiger partial charge in [-0.25, -0.2) is 0 Å². The molecule has 1 N–H and O–H groups in total. The molecule has 0 radical (unpaired) electrons. The second-order valence-electron chi connectivity index (χ2n) is 2.40. The summed E-state index contributed by atoms with van der Waals surface area (Å²) in [6.45, 7) is 0.749. The molecule has 0 saturated carbocycles. The first kappa shape index (κ1) is 7.57. The lowest BCUT2D eigenvalue weighted by Crippen LogP contribution is -2.05. The molecule has 12 heavy (non-hydrogen) atoms. The molecule has 0 aromatic carbocycles. The summed E-state index contributed by atoms with van der Waals surface area (Å²) >= 11 is 1.46. The average Bonchev–Trinajstić information content (AvgIpc) is 2.50. The van der Waals surface area contributed by atoms with Crippen molar-refractivity contribution in [2.24, 2.45) is 0 Å². The smallest absolute Gasteiger partial charge is 0.128 e. The van der Waals surface area contributed by atoms with Gasteiger partial charge in [-0.2, -0.15) is 9.47 Å². The molecule has 0 saturated heterocycles. The molecule has 0 amide bonds. The molecule has 2 rings (SSSR count). The fraction of sp³-hybridized carbons (Fsp3) is 0.286. The molecule has 0 fully saturated rings. The third-order valence-corrected chi connectivity index (χ3v) is 2.39. The van der Waals surface area contributed by atoms with Crippen LogP contribution in [-0.2, 0) is 6.54 Å². The standard InChI is InChI=1S/C7H8N4S/c1-8-4-5-7-6(12-11-5)2-3-9-10-7/h2-3,8H,4H2,1H3. The van der Waals surface area contributed by atoms with Gasteiger partial charge < -0.3 is 5.32 Å². The molecule has 0 aliphatic carbocycles. The Bertz CT molecular complexity index is 384. The predicted molar refractivity (Wildman–Crippen MR) is 48.0 cm³/mol. The molecule has 0 aliphatic rings. The number of aromatic nitrogens is 3. The van der Waals surface area contributed by atoms with Crippen LogP contribution in [0.1, 0.15) is 5.69 Å². The van der Waals surface area contributed by atoms with E-state index in [0.29, 0.717) is 0 Å². The molecule has 62 valence electrons. The van der Waals surface area contributed by atoms with Crippen LogP contribution < -0.4 is 5.32 Å². The third-order valence-electron chi connectivity index (χ3n) is 1.56. The van der Waals surface area contributed by atoms with E-state index in [1.54, 1.807) is 6.20 Å². The van der Waals surface area contributed by atoms with E-state index >= 15 is 0 Å². The summed E-state index contributed by atoms with van der Waals surface area (Å²) in [5.74, 6) is 0. The van der Waals surface area contributed by atoms with Crippen molar-refractivity contribution in [3.8, 4) is 0 Å². The molecule has 0 aliphatic heterocycles. The largest absolute Gasteiger partial charge is 0.314 e. The lowest BCUT2D eigenvalue weighted by Gasteiger charge is -1.92. The van der Waals surface area contributed by atoms with Crippen molar-refractivity contribution in [3.05, 3.63) is 18.0 Å². The van der Waals surface area contributed by atoms with Gasteiger partial charge in [0, 0.05) is 6.54 Å². The molecule has 0 bridgehead atoms. The maximum atomic E-state index is 4.26. The Morgan fingerprint density at radius 3 is 3.33 bits per heavy atom. The predicted octanol–water partition coefficient (Wildman–Crippen LogP) is 0.806. The summed E-state index contributed by atoms with van der Waals surface area (Å²) in [5.41, 5.74) is 1.89. The van der Waals surface area contributed by atoms with E-state index in [4.69, 9.17) is 0 Å². The number of nitrogens with one attached hydrogen (secondary N) is 1. The Morgan fingerprint density at radius 1 is 1.58 bits per heavy atom. The normalized spacial score (nSPS) is 10.8. The highest BCUT2D eigenvalue weighted by molar-refractivity contribution is 7.13. The lowest BCUT2D eigenvalue weighted by atomic mass is 10.3. The second-order valence-corrected chi connectivity index (χ2v) is 3.21. The molecule has 2 heterocycles. The first-order chi connectivity index (χ1) is 5.92. The van der Waals surface area contributed by atoms with Crippen LogP contribution in [0.2, 0.25) is 0 Å². The summed E-state index contributed by atoms with van der Waals surface area (Å²) in [6, 6.07) is 1.93. The van der Waals surface area contributed by atoms with Gasteiger partial charge >= 0.3 is 0 Å². The Hall–Kier alpha value is -1.07. The van der Waals surface area contributed by atoms with Crippen LogP contribution in [0, 0.1) is 0 Å². The van der Waals surface area contributed by atoms with Crippen LogP contribution in [0.15, 0.2) is 12.3 Å². The fourth-order valence-electron chi connectivity index (χ4n) is 1.02. The van der Waals surface area contributed by atoms with E-state index in [-0.39, 0.29) is 0 Å². The average molecular weight is 180 g/mol. The highest BCUT2D eigenvalue weighted by atomic mass is 32.1. The van der Waals surface area contributed by atoms with Crippen molar-refractivity contribution in [2.75, 3.05) is 7.05 Å². The first-order valence-corrected chi connectivity index (χ1v) is 4.39. The van der Waals surface area contributed by atoms with Crippen LogP contribution in [0.4, 0.5) is 0 Å². The molecule has 0 atom stereocenters. The van der Waals surface area contributed by atoms with Gasteiger partial charge in [0.25, 0.3) is 0 Å². The van der Waals surface area contributed by atoms with Crippen molar-refractivity contribution in [3.63, 3.8) is 0 Å². The van der Waals surface area contributed by atoms with Gasteiger partial charge in [-0.3, -0.25) is 0 Å². The number of fused-ring (bicyclic) bond motifs is 1. The van der Waals surface area contributed by atoms with Gasteiger partial charge in [0.1, 0.15) is 5.52 Å². The lowest BCUT2D eigenvalue weighted by molar-refractivity contribution is 0.804. The van der Waals surface area contributed by atoms with Gasteiger partial charge in [-0.15, -0.1) is 5.10 Å². The number of rotatable bonds is 2. The van der Waals surface area contributed by atoms with Gasteiger partial charge in [-0.1, -0.05) is 0 Å². The monoisotopic (exact) mass is 180 g/mol. The Morgan fingerprint density at radius 2 is 2.50 bits per heavy atom. The van der Waals surface area contributed by atoms with Gasteiger partial charge in [-0.05, 0) is 24.6 Å². The number of hydrogen-bond acceptors (Lipinski definition) is 5. The summed E-state index contributed by atoms with van der Waals surface area (Å²) in [4.78, 5) is 0. The SMILES string of the molecule is CNCc1nsc2ccnnc12. The summed E-state index contributed by atoms with van der Waals surface area (Å²) < 4.78 is 5.35. The van der Waals surface area contributed by atoms with E-state index in [9.17, 15) is 0 Å². The second kappa shape index (κ2) is 3.12. The quantitative estimate of drug-likeness (QED) is 0.743. The van der Waals surface area contributed by atoms with E-state index in [1.807, 2.05) is 13.1 Å². The van der Waals surface area contributed by atoms with Crippen molar-refractivity contribution in [2.45, 2.75) is 6.54 Å². The van der Waals surface area contributed by atoms with E-state index in [0.717, 1.165) is 22.5 Å². The Kier molecular flexibility index (Phi) is 1.97. The van der Waals surface area contributed by atoms with Crippen molar-refractivity contribution in [1.82, 2.24) is 19.9 Å². The van der Waals surface area contributed by atoms with Crippen molar-refractivity contribution >= 4 is 21.7 Å². The summed E-state index contributed by atoms with van der Waals surface area (Å²) in [7, 11) is 1.89. The number of nitrogens with zero attached hydrogens (tertiary/aromatic N) is 3. The maximum absolute atomic E-state index is 4.26. The summed E-state index contributed by atoms with van der Waals surface area (Å²) in [6.07, 6.45) is 1.68. The van der Waals surface area contributed by atoms with E-state index < -0.39 is 0 Å². The minimum absolute atomic E-state index is 0.749. The van der Waals surface area contributed by atoms with Crippen LogP contribution in [-0.4, -0.2) is 21.6 Å². The zero-order valence-corrected chi connectivity index (χ0v) is 7.43. The highest BCUT2D eigenvalue weighted by Gasteiger charge is 2.05. The molecule has 4 nitrogen and oxygen atoms in total. The maximum Gasteiger partial charge on any atom is 0.128 e. The highest BCUT2D eigenvalue weighted by Crippen LogP contribution is 2.18. The van der Waals surface area contributed by atoms with Crippen LogP contribution in [0.25, 0.3) is 10.2 Å². The minimum Gasteiger partial charge on any atom is -0.314 e. The molecular formula is C7H8N4S. The third kappa shape index (κ3) is 1.17. The van der Waals surface area contributed by atoms with Crippen LogP contribution >= 0.6 is 11.5 Å². The van der Waals surface area contributed by atoms with Gasteiger partial charge in [0.15, 0.2) is 0 Å². The van der Waals surface area contributed by atoms with Gasteiger partial charge in [0.05, 0.1) is 16.6 Å². The fourth-order valence-corrected chi connectivity index (χ4v) is 1.75.